The van der Waals surface area contributed by atoms with Crippen molar-refractivity contribution < 1.29 is 9.13 Å². The molecule has 0 N–H and O–H groups in total. The number of ether oxygens (including phenoxy) is 1. The first-order valence-corrected chi connectivity index (χ1v) is 8.50. The first-order chi connectivity index (χ1) is 12.2. The molecule has 4 nitrogen and oxygen atoms in total. The molecule has 3 heterocycles. The van der Waals surface area contributed by atoms with Gasteiger partial charge in [0.2, 0.25) is 0 Å². The van der Waals surface area contributed by atoms with Crippen LogP contribution in [-0.4, -0.2) is 22.8 Å². The highest BCUT2D eigenvalue weighted by atomic mass is 35.5. The maximum Gasteiger partial charge on any atom is 0.142 e. The predicted octanol–water partition coefficient (Wildman–Crippen LogP) is 4.72. The molecular weight excluding hydrogens is 341 g/mol. The van der Waals surface area contributed by atoms with E-state index in [-0.39, 0.29) is 11.1 Å². The fourth-order valence-corrected chi connectivity index (χ4v) is 3.44. The van der Waals surface area contributed by atoms with Crippen molar-refractivity contribution in [2.24, 2.45) is 0 Å². The summed E-state index contributed by atoms with van der Waals surface area (Å²) in [5, 5.41) is 10.2. The lowest BCUT2D eigenvalue weighted by Crippen LogP contribution is -2.19. The molecular formula is C19H15ClFN3O. The van der Waals surface area contributed by atoms with E-state index in [0.29, 0.717) is 18.9 Å². The van der Waals surface area contributed by atoms with Crippen LogP contribution in [0.15, 0.2) is 36.5 Å². The molecule has 3 aromatic rings. The third-order valence-corrected chi connectivity index (χ3v) is 4.91. The molecule has 0 bridgehead atoms. The summed E-state index contributed by atoms with van der Waals surface area (Å²) in [6.45, 7) is 1.40. The average Bonchev–Trinajstić information content (AvgIpc) is 3.03. The van der Waals surface area contributed by atoms with Crippen LogP contribution in [-0.2, 0) is 4.74 Å². The van der Waals surface area contributed by atoms with Gasteiger partial charge in [0.05, 0.1) is 5.02 Å². The first kappa shape index (κ1) is 16.1. The Kier molecular flexibility index (Phi) is 4.16. The lowest BCUT2D eigenvalue weighted by molar-refractivity contribution is 0.0706. The minimum Gasteiger partial charge on any atom is -0.381 e. The van der Waals surface area contributed by atoms with E-state index in [1.165, 1.54) is 6.07 Å². The summed E-state index contributed by atoms with van der Waals surface area (Å²) in [5.74, 6) is -0.451. The summed E-state index contributed by atoms with van der Waals surface area (Å²) in [5.41, 5.74) is 2.74. The zero-order valence-electron chi connectivity index (χ0n) is 13.4. The molecule has 0 spiro atoms. The van der Waals surface area contributed by atoms with E-state index < -0.39 is 5.82 Å². The van der Waals surface area contributed by atoms with Crippen molar-refractivity contribution in [3.8, 4) is 17.2 Å². The molecule has 6 heteroatoms. The summed E-state index contributed by atoms with van der Waals surface area (Å²) < 4.78 is 21.5. The van der Waals surface area contributed by atoms with E-state index >= 15 is 0 Å². The number of halogens is 2. The molecule has 1 aliphatic heterocycles. The number of nitriles is 1. The number of benzene rings is 1. The molecule has 126 valence electrons. The highest BCUT2D eigenvalue weighted by Gasteiger charge is 2.21. The Hall–Kier alpha value is -2.42. The van der Waals surface area contributed by atoms with Crippen molar-refractivity contribution in [2.75, 3.05) is 13.2 Å². The predicted molar refractivity (Wildman–Crippen MR) is 93.9 cm³/mol. The maximum absolute atomic E-state index is 13.9. The molecule has 1 fully saturated rings. The standard InChI is InChI=1S/C19H15ClFN3O/c20-17-4-1-12(9-18(17)21)16-11-24(14-5-7-25-8-6-14)19-15(16)3-2-13(10-22)23-19/h1-4,9,11,14H,5-8H2. The van der Waals surface area contributed by atoms with Crippen molar-refractivity contribution in [1.29, 1.82) is 5.26 Å². The van der Waals surface area contributed by atoms with Gasteiger partial charge in [0.1, 0.15) is 23.2 Å². The zero-order chi connectivity index (χ0) is 17.4. The lowest BCUT2D eigenvalue weighted by Gasteiger charge is -2.24. The molecule has 0 amide bonds. The van der Waals surface area contributed by atoms with Gasteiger partial charge in [0.15, 0.2) is 0 Å². The molecule has 0 aliphatic carbocycles. The van der Waals surface area contributed by atoms with Gasteiger partial charge in [-0.1, -0.05) is 17.7 Å². The molecule has 1 aromatic carbocycles. The number of aromatic nitrogens is 2. The van der Waals surface area contributed by atoms with Gasteiger partial charge in [-0.2, -0.15) is 5.26 Å². The van der Waals surface area contributed by atoms with Gasteiger partial charge < -0.3 is 9.30 Å². The van der Waals surface area contributed by atoms with E-state index in [9.17, 15) is 9.65 Å². The average molecular weight is 356 g/mol. The largest absolute Gasteiger partial charge is 0.381 e. The van der Waals surface area contributed by atoms with Gasteiger partial charge >= 0.3 is 0 Å². The van der Waals surface area contributed by atoms with E-state index in [2.05, 4.69) is 15.6 Å². The molecule has 25 heavy (non-hydrogen) atoms. The summed E-state index contributed by atoms with van der Waals surface area (Å²) in [7, 11) is 0. The Morgan fingerprint density at radius 2 is 2.04 bits per heavy atom. The summed E-state index contributed by atoms with van der Waals surface area (Å²) >= 11 is 5.81. The Bertz CT molecular complexity index is 986. The number of fused-ring (bicyclic) bond motifs is 1. The van der Waals surface area contributed by atoms with Crippen LogP contribution in [0.5, 0.6) is 0 Å². The Labute approximate surface area is 149 Å². The number of nitrogens with zero attached hydrogens (tertiary/aromatic N) is 3. The van der Waals surface area contributed by atoms with Crippen LogP contribution in [0.1, 0.15) is 24.6 Å². The number of hydrogen-bond donors (Lipinski definition) is 0. The second-order valence-corrected chi connectivity index (χ2v) is 6.51. The maximum atomic E-state index is 13.9. The molecule has 0 radical (unpaired) electrons. The van der Waals surface area contributed by atoms with Crippen LogP contribution in [0.2, 0.25) is 5.02 Å². The number of hydrogen-bond acceptors (Lipinski definition) is 3. The monoisotopic (exact) mass is 355 g/mol. The molecule has 2 aromatic heterocycles. The Morgan fingerprint density at radius 3 is 2.76 bits per heavy atom. The Balaban J connectivity index is 1.92. The van der Waals surface area contributed by atoms with Crippen LogP contribution in [0.25, 0.3) is 22.2 Å². The van der Waals surface area contributed by atoms with Gasteiger partial charge in [-0.3, -0.25) is 0 Å². The molecule has 0 unspecified atom stereocenters. The molecule has 1 aliphatic rings. The second kappa shape index (κ2) is 6.47. The van der Waals surface area contributed by atoms with Crippen LogP contribution in [0.4, 0.5) is 4.39 Å². The normalized spacial score (nSPS) is 15.4. The third-order valence-electron chi connectivity index (χ3n) is 4.61. The van der Waals surface area contributed by atoms with E-state index in [0.717, 1.165) is 35.0 Å². The van der Waals surface area contributed by atoms with Crippen LogP contribution in [0, 0.1) is 17.1 Å². The summed E-state index contributed by atoms with van der Waals surface area (Å²) in [6.07, 6.45) is 3.77. The quantitative estimate of drug-likeness (QED) is 0.668. The topological polar surface area (TPSA) is 50.8 Å². The van der Waals surface area contributed by atoms with Gasteiger partial charge in [0.25, 0.3) is 0 Å². The van der Waals surface area contributed by atoms with E-state index in [1.54, 1.807) is 18.2 Å². The molecule has 1 saturated heterocycles. The van der Waals surface area contributed by atoms with Crippen LogP contribution >= 0.6 is 11.6 Å². The van der Waals surface area contributed by atoms with Crippen molar-refractivity contribution in [3.05, 3.63) is 53.1 Å². The highest BCUT2D eigenvalue weighted by Crippen LogP contribution is 2.35. The van der Waals surface area contributed by atoms with Crippen molar-refractivity contribution in [3.63, 3.8) is 0 Å². The molecule has 0 atom stereocenters. The third kappa shape index (κ3) is 2.88. The fourth-order valence-electron chi connectivity index (χ4n) is 3.32. The summed E-state index contributed by atoms with van der Waals surface area (Å²) in [6, 6.07) is 10.7. The lowest BCUT2D eigenvalue weighted by atomic mass is 10.1. The van der Waals surface area contributed by atoms with Crippen molar-refractivity contribution in [1.82, 2.24) is 9.55 Å². The highest BCUT2D eigenvalue weighted by molar-refractivity contribution is 6.30. The van der Waals surface area contributed by atoms with Gasteiger partial charge in [0, 0.05) is 36.4 Å². The SMILES string of the molecule is N#Cc1ccc2c(-c3ccc(Cl)c(F)c3)cn(C3CCOCC3)c2n1. The smallest absolute Gasteiger partial charge is 0.142 e. The van der Waals surface area contributed by atoms with Gasteiger partial charge in [-0.15, -0.1) is 0 Å². The van der Waals surface area contributed by atoms with Crippen LogP contribution in [0.3, 0.4) is 0 Å². The van der Waals surface area contributed by atoms with Crippen molar-refractivity contribution >= 4 is 22.6 Å². The van der Waals surface area contributed by atoms with Crippen LogP contribution < -0.4 is 0 Å². The minimum absolute atomic E-state index is 0.0989. The second-order valence-electron chi connectivity index (χ2n) is 6.10. The number of rotatable bonds is 2. The zero-order valence-corrected chi connectivity index (χ0v) is 14.1. The van der Waals surface area contributed by atoms with E-state index in [1.807, 2.05) is 12.3 Å². The molecule has 4 rings (SSSR count). The minimum atomic E-state index is -0.451. The summed E-state index contributed by atoms with van der Waals surface area (Å²) in [4.78, 5) is 4.50. The van der Waals surface area contributed by atoms with E-state index in [4.69, 9.17) is 16.3 Å². The Morgan fingerprint density at radius 1 is 1.24 bits per heavy atom. The first-order valence-electron chi connectivity index (χ1n) is 8.12. The molecule has 0 saturated carbocycles. The van der Waals surface area contributed by atoms with Gasteiger partial charge in [-0.05, 0) is 42.7 Å². The van der Waals surface area contributed by atoms with Crippen molar-refractivity contribution in [2.45, 2.75) is 18.9 Å². The fraction of sp³-hybridized carbons (Fsp3) is 0.263. The van der Waals surface area contributed by atoms with Gasteiger partial charge in [-0.25, -0.2) is 9.37 Å². The number of pyridine rings is 1.